The molecule has 1 saturated heterocycles. The molecular weight excluding hydrogens is 326 g/mol. The fraction of sp³-hybridized carbons (Fsp3) is 0.579. The summed E-state index contributed by atoms with van der Waals surface area (Å²) < 4.78 is 5.36. The van der Waals surface area contributed by atoms with Gasteiger partial charge in [-0.2, -0.15) is 0 Å². The maximum atomic E-state index is 12.5. The summed E-state index contributed by atoms with van der Waals surface area (Å²) in [6.07, 6.45) is 5.71. The predicted octanol–water partition coefficient (Wildman–Crippen LogP) is 4.32. The third-order valence-electron chi connectivity index (χ3n) is 4.46. The van der Waals surface area contributed by atoms with Gasteiger partial charge in [0.25, 0.3) is 5.91 Å². The van der Waals surface area contributed by atoms with Crippen molar-refractivity contribution in [2.24, 2.45) is 5.92 Å². The van der Waals surface area contributed by atoms with Crippen LogP contribution in [0, 0.1) is 5.92 Å². The van der Waals surface area contributed by atoms with Crippen molar-refractivity contribution < 1.29 is 14.3 Å². The van der Waals surface area contributed by atoms with E-state index in [9.17, 15) is 9.59 Å². The molecule has 1 aromatic carbocycles. The Kier molecular flexibility index (Phi) is 7.57. The van der Waals surface area contributed by atoms with Gasteiger partial charge in [-0.15, -0.1) is 0 Å². The number of hydrogen-bond acceptors (Lipinski definition) is 3. The molecule has 0 aliphatic carbocycles. The number of amides is 1. The van der Waals surface area contributed by atoms with Crippen molar-refractivity contribution in [2.45, 2.75) is 45.4 Å². The Balaban J connectivity index is 1.76. The van der Waals surface area contributed by atoms with E-state index in [0.717, 1.165) is 12.8 Å². The number of unbranched alkanes of at least 4 members (excludes halogenated alkanes) is 3. The average Bonchev–Trinajstić information content (AvgIpc) is 2.61. The SMILES string of the molecule is CCCCCCOC(=O)C1CCN(C(=O)c2ccccc2Cl)CC1. The smallest absolute Gasteiger partial charge is 0.309 e. The maximum Gasteiger partial charge on any atom is 0.309 e. The molecule has 132 valence electrons. The number of piperidine rings is 1. The minimum absolute atomic E-state index is 0.0630. The van der Waals surface area contributed by atoms with Crippen molar-refractivity contribution in [1.82, 2.24) is 4.90 Å². The van der Waals surface area contributed by atoms with Crippen LogP contribution in [0.3, 0.4) is 0 Å². The Hall–Kier alpha value is -1.55. The highest BCUT2D eigenvalue weighted by molar-refractivity contribution is 6.33. The van der Waals surface area contributed by atoms with E-state index in [2.05, 4.69) is 6.92 Å². The number of rotatable bonds is 7. The molecule has 0 bridgehead atoms. The number of carbonyl (C=O) groups excluding carboxylic acids is 2. The summed E-state index contributed by atoms with van der Waals surface area (Å²) in [6, 6.07) is 7.07. The van der Waals surface area contributed by atoms with Crippen LogP contribution in [0.25, 0.3) is 0 Å². The molecule has 1 aromatic rings. The standard InChI is InChI=1S/C19H26ClNO3/c1-2-3-4-7-14-24-19(23)15-10-12-21(13-11-15)18(22)16-8-5-6-9-17(16)20/h5-6,8-9,15H,2-4,7,10-14H2,1H3. The number of likely N-dealkylation sites (tertiary alicyclic amines) is 1. The lowest BCUT2D eigenvalue weighted by Crippen LogP contribution is -2.40. The number of carbonyl (C=O) groups is 2. The minimum atomic E-state index is -0.114. The van der Waals surface area contributed by atoms with Crippen molar-refractivity contribution in [2.75, 3.05) is 19.7 Å². The topological polar surface area (TPSA) is 46.6 Å². The Morgan fingerprint density at radius 3 is 2.54 bits per heavy atom. The molecule has 2 rings (SSSR count). The molecule has 1 heterocycles. The Morgan fingerprint density at radius 2 is 1.88 bits per heavy atom. The van der Waals surface area contributed by atoms with Crippen LogP contribution in [-0.2, 0) is 9.53 Å². The largest absolute Gasteiger partial charge is 0.465 e. The highest BCUT2D eigenvalue weighted by Crippen LogP contribution is 2.23. The summed E-state index contributed by atoms with van der Waals surface area (Å²) in [5.74, 6) is -0.269. The van der Waals surface area contributed by atoms with Gasteiger partial charge in [-0.3, -0.25) is 9.59 Å². The van der Waals surface area contributed by atoms with Crippen LogP contribution in [0.2, 0.25) is 5.02 Å². The maximum absolute atomic E-state index is 12.5. The second-order valence-corrected chi connectivity index (χ2v) is 6.68. The molecule has 0 atom stereocenters. The minimum Gasteiger partial charge on any atom is -0.465 e. The van der Waals surface area contributed by atoms with Gasteiger partial charge in [-0.25, -0.2) is 0 Å². The second-order valence-electron chi connectivity index (χ2n) is 6.27. The third-order valence-corrected chi connectivity index (χ3v) is 4.79. The van der Waals surface area contributed by atoms with Gasteiger partial charge in [-0.1, -0.05) is 49.9 Å². The van der Waals surface area contributed by atoms with E-state index >= 15 is 0 Å². The van der Waals surface area contributed by atoms with Crippen molar-refractivity contribution >= 4 is 23.5 Å². The summed E-state index contributed by atoms with van der Waals surface area (Å²) in [6.45, 7) is 3.81. The van der Waals surface area contributed by atoms with Crippen molar-refractivity contribution in [3.63, 3.8) is 0 Å². The summed E-state index contributed by atoms with van der Waals surface area (Å²) >= 11 is 6.09. The Labute approximate surface area is 149 Å². The molecule has 24 heavy (non-hydrogen) atoms. The zero-order valence-electron chi connectivity index (χ0n) is 14.3. The Morgan fingerprint density at radius 1 is 1.17 bits per heavy atom. The predicted molar refractivity (Wildman–Crippen MR) is 95.2 cm³/mol. The quantitative estimate of drug-likeness (QED) is 0.543. The van der Waals surface area contributed by atoms with Crippen molar-refractivity contribution in [3.8, 4) is 0 Å². The zero-order chi connectivity index (χ0) is 17.4. The first-order valence-corrected chi connectivity index (χ1v) is 9.21. The normalized spacial score (nSPS) is 15.3. The fourth-order valence-electron chi connectivity index (χ4n) is 2.94. The van der Waals surface area contributed by atoms with Gasteiger partial charge in [0.05, 0.1) is 23.1 Å². The number of esters is 1. The molecule has 0 aromatic heterocycles. The molecule has 1 fully saturated rings. The summed E-state index contributed by atoms with van der Waals surface area (Å²) in [5, 5.41) is 0.469. The van der Waals surface area contributed by atoms with E-state index in [0.29, 0.717) is 43.1 Å². The number of benzene rings is 1. The highest BCUT2D eigenvalue weighted by atomic mass is 35.5. The monoisotopic (exact) mass is 351 g/mol. The van der Waals surface area contributed by atoms with Crippen molar-refractivity contribution in [1.29, 1.82) is 0 Å². The molecule has 0 radical (unpaired) electrons. The van der Waals surface area contributed by atoms with Crippen LogP contribution in [0.15, 0.2) is 24.3 Å². The fourth-order valence-corrected chi connectivity index (χ4v) is 3.16. The summed E-state index contributed by atoms with van der Waals surface area (Å²) in [5.41, 5.74) is 0.524. The van der Waals surface area contributed by atoms with Gasteiger partial charge >= 0.3 is 5.97 Å². The molecule has 0 N–H and O–H groups in total. The van der Waals surface area contributed by atoms with E-state index in [4.69, 9.17) is 16.3 Å². The molecule has 0 spiro atoms. The van der Waals surface area contributed by atoms with Crippen LogP contribution >= 0.6 is 11.6 Å². The van der Waals surface area contributed by atoms with Gasteiger partial charge in [0.15, 0.2) is 0 Å². The Bertz CT molecular complexity index is 553. The molecule has 4 nitrogen and oxygen atoms in total. The average molecular weight is 352 g/mol. The summed E-state index contributed by atoms with van der Waals surface area (Å²) in [4.78, 5) is 26.3. The lowest BCUT2D eigenvalue weighted by molar-refractivity contribution is -0.150. The molecule has 0 unspecified atom stereocenters. The molecule has 1 aliphatic heterocycles. The second kappa shape index (κ2) is 9.67. The molecule has 1 amide bonds. The van der Waals surface area contributed by atoms with Crippen LogP contribution in [0.1, 0.15) is 55.8 Å². The number of halogens is 1. The number of ether oxygens (including phenoxy) is 1. The van der Waals surface area contributed by atoms with Gasteiger partial charge in [0, 0.05) is 13.1 Å². The van der Waals surface area contributed by atoms with Crippen LogP contribution < -0.4 is 0 Å². The van der Waals surface area contributed by atoms with E-state index < -0.39 is 0 Å². The van der Waals surface area contributed by atoms with E-state index in [1.165, 1.54) is 12.8 Å². The van der Waals surface area contributed by atoms with Gasteiger partial charge in [-0.05, 0) is 31.4 Å². The first kappa shape index (κ1) is 18.8. The van der Waals surface area contributed by atoms with Crippen LogP contribution in [0.5, 0.6) is 0 Å². The number of hydrogen-bond donors (Lipinski definition) is 0. The van der Waals surface area contributed by atoms with Crippen molar-refractivity contribution in [3.05, 3.63) is 34.9 Å². The first-order chi connectivity index (χ1) is 11.6. The molecule has 0 saturated carbocycles. The summed E-state index contributed by atoms with van der Waals surface area (Å²) in [7, 11) is 0. The van der Waals surface area contributed by atoms with Gasteiger partial charge < -0.3 is 9.64 Å². The lowest BCUT2D eigenvalue weighted by Gasteiger charge is -2.31. The van der Waals surface area contributed by atoms with E-state index in [1.807, 2.05) is 12.1 Å². The molecule has 5 heteroatoms. The molecule has 1 aliphatic rings. The van der Waals surface area contributed by atoms with Gasteiger partial charge in [0.2, 0.25) is 0 Å². The van der Waals surface area contributed by atoms with Crippen LogP contribution in [-0.4, -0.2) is 36.5 Å². The third kappa shape index (κ3) is 5.23. The number of nitrogens with zero attached hydrogens (tertiary/aromatic N) is 1. The van der Waals surface area contributed by atoms with E-state index in [1.54, 1.807) is 17.0 Å². The lowest BCUT2D eigenvalue weighted by atomic mass is 9.96. The highest BCUT2D eigenvalue weighted by Gasteiger charge is 2.29. The van der Waals surface area contributed by atoms with E-state index in [-0.39, 0.29) is 17.8 Å². The molecular formula is C19H26ClNO3. The zero-order valence-corrected chi connectivity index (χ0v) is 15.1. The van der Waals surface area contributed by atoms with Gasteiger partial charge in [0.1, 0.15) is 0 Å². The van der Waals surface area contributed by atoms with Crippen LogP contribution in [0.4, 0.5) is 0 Å². The first-order valence-electron chi connectivity index (χ1n) is 8.84.